The summed E-state index contributed by atoms with van der Waals surface area (Å²) in [6.45, 7) is 1.10. The number of rotatable bonds is 1. The molecule has 1 saturated heterocycles. The second-order valence-corrected chi connectivity index (χ2v) is 2.76. The van der Waals surface area contributed by atoms with Crippen LogP contribution in [0.3, 0.4) is 0 Å². The van der Waals surface area contributed by atoms with E-state index in [1.165, 1.54) is 6.42 Å². The Kier molecular flexibility index (Phi) is 0.746. The van der Waals surface area contributed by atoms with Crippen LogP contribution in [0.1, 0.15) is 12.8 Å². The molecule has 0 aromatic heterocycles. The molecule has 0 spiro atoms. The summed E-state index contributed by atoms with van der Waals surface area (Å²) in [6.07, 6.45) is 2.27. The zero-order chi connectivity index (χ0) is 5.61. The lowest BCUT2D eigenvalue weighted by Gasteiger charge is -2.05. The summed E-state index contributed by atoms with van der Waals surface area (Å²) in [6, 6.07) is 0. The molecule has 2 fully saturated rings. The SMILES string of the molecule is OCC12CC1CCO2. The van der Waals surface area contributed by atoms with Gasteiger partial charge in [-0.15, -0.1) is 0 Å². The monoisotopic (exact) mass is 114 g/mol. The lowest BCUT2D eigenvalue weighted by Crippen LogP contribution is -2.16. The van der Waals surface area contributed by atoms with Crippen molar-refractivity contribution in [1.82, 2.24) is 0 Å². The molecule has 8 heavy (non-hydrogen) atoms. The van der Waals surface area contributed by atoms with E-state index >= 15 is 0 Å². The van der Waals surface area contributed by atoms with Crippen LogP contribution in [-0.2, 0) is 4.74 Å². The summed E-state index contributed by atoms with van der Waals surface area (Å²) < 4.78 is 5.31. The van der Waals surface area contributed by atoms with E-state index in [1.54, 1.807) is 0 Å². The van der Waals surface area contributed by atoms with Gasteiger partial charge in [0, 0.05) is 6.61 Å². The van der Waals surface area contributed by atoms with E-state index in [9.17, 15) is 0 Å². The standard InChI is InChI=1S/C6H10O2/c7-4-6-3-5(6)1-2-8-6/h5,7H,1-4H2. The molecule has 46 valence electrons. The molecule has 0 amide bonds. The fraction of sp³-hybridized carbons (Fsp3) is 1.00. The fourth-order valence-electron chi connectivity index (χ4n) is 1.54. The Bertz CT molecular complexity index is 109. The minimum absolute atomic E-state index is 0.0417. The van der Waals surface area contributed by atoms with Gasteiger partial charge in [0.2, 0.25) is 0 Å². The Morgan fingerprint density at radius 3 is 2.88 bits per heavy atom. The Balaban J connectivity index is 2.08. The van der Waals surface area contributed by atoms with Gasteiger partial charge >= 0.3 is 0 Å². The normalized spacial score (nSPS) is 51.4. The average molecular weight is 114 g/mol. The van der Waals surface area contributed by atoms with Gasteiger partial charge in [-0.3, -0.25) is 0 Å². The van der Waals surface area contributed by atoms with E-state index < -0.39 is 0 Å². The number of ether oxygens (including phenoxy) is 1. The number of fused-ring (bicyclic) bond motifs is 1. The molecule has 1 heterocycles. The van der Waals surface area contributed by atoms with Crippen molar-refractivity contribution < 1.29 is 9.84 Å². The molecule has 2 aliphatic rings. The van der Waals surface area contributed by atoms with Crippen molar-refractivity contribution in [2.45, 2.75) is 18.4 Å². The van der Waals surface area contributed by atoms with E-state index in [2.05, 4.69) is 0 Å². The highest BCUT2D eigenvalue weighted by atomic mass is 16.5. The topological polar surface area (TPSA) is 29.5 Å². The third kappa shape index (κ3) is 0.400. The van der Waals surface area contributed by atoms with Crippen LogP contribution in [0, 0.1) is 5.92 Å². The molecule has 1 aliphatic heterocycles. The molecule has 2 nitrogen and oxygen atoms in total. The lowest BCUT2D eigenvalue weighted by atomic mass is 10.2. The quantitative estimate of drug-likeness (QED) is 0.526. The third-order valence-electron chi connectivity index (χ3n) is 2.30. The molecule has 0 radical (unpaired) electrons. The van der Waals surface area contributed by atoms with Crippen LogP contribution in [0.2, 0.25) is 0 Å². The third-order valence-corrected chi connectivity index (χ3v) is 2.30. The van der Waals surface area contributed by atoms with Crippen molar-refractivity contribution in [1.29, 1.82) is 0 Å². The molecule has 2 unspecified atom stereocenters. The van der Waals surface area contributed by atoms with Crippen molar-refractivity contribution in [2.75, 3.05) is 13.2 Å². The largest absolute Gasteiger partial charge is 0.393 e. The molecule has 2 heteroatoms. The molecular weight excluding hydrogens is 104 g/mol. The lowest BCUT2D eigenvalue weighted by molar-refractivity contribution is 0.0193. The Hall–Kier alpha value is -0.0800. The maximum atomic E-state index is 8.74. The van der Waals surface area contributed by atoms with Gasteiger partial charge in [-0.25, -0.2) is 0 Å². The van der Waals surface area contributed by atoms with E-state index in [-0.39, 0.29) is 12.2 Å². The summed E-state index contributed by atoms with van der Waals surface area (Å²) in [4.78, 5) is 0. The Morgan fingerprint density at radius 2 is 2.62 bits per heavy atom. The van der Waals surface area contributed by atoms with Gasteiger partial charge < -0.3 is 9.84 Å². The predicted molar refractivity (Wildman–Crippen MR) is 28.5 cm³/mol. The van der Waals surface area contributed by atoms with Crippen LogP contribution in [-0.4, -0.2) is 23.9 Å². The second kappa shape index (κ2) is 1.25. The molecule has 2 atom stereocenters. The van der Waals surface area contributed by atoms with Crippen LogP contribution in [0.25, 0.3) is 0 Å². The zero-order valence-electron chi connectivity index (χ0n) is 4.76. The van der Waals surface area contributed by atoms with Crippen molar-refractivity contribution in [3.8, 4) is 0 Å². The number of aliphatic hydroxyl groups is 1. The van der Waals surface area contributed by atoms with Crippen LogP contribution < -0.4 is 0 Å². The molecule has 1 aliphatic carbocycles. The van der Waals surface area contributed by atoms with E-state index in [4.69, 9.17) is 9.84 Å². The highest BCUT2D eigenvalue weighted by Crippen LogP contribution is 2.53. The smallest absolute Gasteiger partial charge is 0.0945 e. The second-order valence-electron chi connectivity index (χ2n) is 2.76. The summed E-state index contributed by atoms with van der Waals surface area (Å²) in [5, 5.41) is 8.74. The molecule has 0 aromatic carbocycles. The first-order valence-corrected chi connectivity index (χ1v) is 3.12. The van der Waals surface area contributed by atoms with Crippen LogP contribution in [0.4, 0.5) is 0 Å². The zero-order valence-corrected chi connectivity index (χ0v) is 4.76. The molecule has 0 bridgehead atoms. The minimum atomic E-state index is -0.0417. The molecule has 0 aromatic rings. The fourth-order valence-corrected chi connectivity index (χ4v) is 1.54. The Labute approximate surface area is 48.5 Å². The number of hydrogen-bond acceptors (Lipinski definition) is 2. The maximum Gasteiger partial charge on any atom is 0.0945 e. The van der Waals surface area contributed by atoms with E-state index in [1.807, 2.05) is 0 Å². The van der Waals surface area contributed by atoms with Gasteiger partial charge in [-0.05, 0) is 18.8 Å². The average Bonchev–Trinajstić information content (AvgIpc) is 2.38. The summed E-state index contributed by atoms with van der Waals surface area (Å²) in [5.74, 6) is 0.701. The van der Waals surface area contributed by atoms with Gasteiger partial charge in [-0.2, -0.15) is 0 Å². The van der Waals surface area contributed by atoms with Crippen molar-refractivity contribution in [2.24, 2.45) is 5.92 Å². The summed E-state index contributed by atoms with van der Waals surface area (Å²) >= 11 is 0. The van der Waals surface area contributed by atoms with Gasteiger partial charge in [0.1, 0.15) is 0 Å². The maximum absolute atomic E-state index is 8.74. The van der Waals surface area contributed by atoms with E-state index in [0.29, 0.717) is 5.92 Å². The predicted octanol–water partition coefficient (Wildman–Crippen LogP) is 0.158. The van der Waals surface area contributed by atoms with Crippen molar-refractivity contribution in [3.63, 3.8) is 0 Å². The molecular formula is C6H10O2. The molecule has 1 saturated carbocycles. The molecule has 1 N–H and O–H groups in total. The first-order valence-electron chi connectivity index (χ1n) is 3.12. The number of aliphatic hydroxyl groups excluding tert-OH is 1. The summed E-state index contributed by atoms with van der Waals surface area (Å²) in [7, 11) is 0. The highest BCUT2D eigenvalue weighted by molar-refractivity contribution is 5.07. The highest BCUT2D eigenvalue weighted by Gasteiger charge is 2.58. The summed E-state index contributed by atoms with van der Waals surface area (Å²) in [5.41, 5.74) is -0.0417. The van der Waals surface area contributed by atoms with Gasteiger partial charge in [0.15, 0.2) is 0 Å². The Morgan fingerprint density at radius 1 is 1.75 bits per heavy atom. The van der Waals surface area contributed by atoms with Crippen LogP contribution >= 0.6 is 0 Å². The van der Waals surface area contributed by atoms with Crippen LogP contribution in [0.5, 0.6) is 0 Å². The van der Waals surface area contributed by atoms with Crippen molar-refractivity contribution >= 4 is 0 Å². The van der Waals surface area contributed by atoms with Gasteiger partial charge in [-0.1, -0.05) is 0 Å². The number of hydrogen-bond donors (Lipinski definition) is 1. The minimum Gasteiger partial charge on any atom is -0.393 e. The van der Waals surface area contributed by atoms with Gasteiger partial charge in [0.25, 0.3) is 0 Å². The van der Waals surface area contributed by atoms with Gasteiger partial charge in [0.05, 0.1) is 12.2 Å². The van der Waals surface area contributed by atoms with E-state index in [0.717, 1.165) is 13.0 Å². The first-order chi connectivity index (χ1) is 3.87. The first kappa shape index (κ1) is 4.77. The molecule has 2 rings (SSSR count). The van der Waals surface area contributed by atoms with Crippen molar-refractivity contribution in [3.05, 3.63) is 0 Å². The van der Waals surface area contributed by atoms with Crippen LogP contribution in [0.15, 0.2) is 0 Å².